The third kappa shape index (κ3) is 7.09. The van der Waals surface area contributed by atoms with Crippen LogP contribution in [0.5, 0.6) is 5.75 Å². The molecular formula is C29H34F2N6O5S. The number of halogens is 2. The molecule has 14 heteroatoms. The molecule has 11 nitrogen and oxygen atoms in total. The van der Waals surface area contributed by atoms with Crippen molar-refractivity contribution in [3.63, 3.8) is 0 Å². The van der Waals surface area contributed by atoms with Gasteiger partial charge in [0.25, 0.3) is 0 Å². The second-order valence-electron chi connectivity index (χ2n) is 10.8. The van der Waals surface area contributed by atoms with Crippen LogP contribution in [0, 0.1) is 17.6 Å². The Labute approximate surface area is 248 Å². The van der Waals surface area contributed by atoms with E-state index in [0.717, 1.165) is 24.1 Å². The molecule has 3 aromatic heterocycles. The summed E-state index contributed by atoms with van der Waals surface area (Å²) >= 11 is 0. The molecule has 4 aromatic rings. The predicted molar refractivity (Wildman–Crippen MR) is 157 cm³/mol. The Bertz CT molecular complexity index is 1670. The maximum absolute atomic E-state index is 15.0. The number of aliphatic hydroxyl groups excluding tert-OH is 1. The second-order valence-corrected chi connectivity index (χ2v) is 13.1. The number of benzene rings is 1. The van der Waals surface area contributed by atoms with Crippen LogP contribution in [0.1, 0.15) is 31.2 Å². The minimum Gasteiger partial charge on any atom is -0.491 e. The lowest BCUT2D eigenvalue weighted by Crippen LogP contribution is -2.47. The molecule has 3 heterocycles. The molecular weight excluding hydrogens is 582 g/mol. The van der Waals surface area contributed by atoms with E-state index in [1.54, 1.807) is 24.7 Å². The van der Waals surface area contributed by atoms with Crippen molar-refractivity contribution < 1.29 is 31.8 Å². The first kappa shape index (κ1) is 30.7. The topological polar surface area (TPSA) is 154 Å². The predicted octanol–water partition coefficient (Wildman–Crippen LogP) is 3.45. The van der Waals surface area contributed by atoms with Crippen LogP contribution in [-0.2, 0) is 14.6 Å². The van der Waals surface area contributed by atoms with Gasteiger partial charge in [-0.05, 0) is 48.4 Å². The lowest BCUT2D eigenvalue weighted by Gasteiger charge is -2.39. The number of aromatic nitrogens is 4. The maximum atomic E-state index is 15.0. The molecule has 5 rings (SSSR count). The average molecular weight is 617 g/mol. The molecule has 4 N–H and O–H groups in total. The number of ether oxygens (including phenoxy) is 2. The molecule has 0 bridgehead atoms. The smallest absolute Gasteiger partial charge is 0.229 e. The van der Waals surface area contributed by atoms with Crippen LogP contribution in [0.25, 0.3) is 16.8 Å². The third-order valence-corrected chi connectivity index (χ3v) is 8.43. The molecule has 43 heavy (non-hydrogen) atoms. The fourth-order valence-corrected chi connectivity index (χ4v) is 5.97. The Hall–Kier alpha value is -3.72. The minimum atomic E-state index is -3.13. The van der Waals surface area contributed by atoms with Gasteiger partial charge in [0.2, 0.25) is 5.95 Å². The first-order valence-electron chi connectivity index (χ1n) is 13.9. The number of aliphatic hydroxyl groups is 1. The summed E-state index contributed by atoms with van der Waals surface area (Å²) in [7, 11) is -3.13. The quantitative estimate of drug-likeness (QED) is 0.228. The van der Waals surface area contributed by atoms with Crippen LogP contribution in [0.15, 0.2) is 48.9 Å². The van der Waals surface area contributed by atoms with Crippen molar-refractivity contribution >= 4 is 27.0 Å². The van der Waals surface area contributed by atoms with E-state index >= 15 is 0 Å². The third-order valence-electron chi connectivity index (χ3n) is 7.52. The van der Waals surface area contributed by atoms with Gasteiger partial charge in [0, 0.05) is 30.6 Å². The SMILES string of the molecule is C[C@H]1C[C@@H](c2ccncc2Nc2ncc3ccc(-c4c(F)cc(OCCO)cc4F)nn23)C[C@@H](N)[C@H]1OCCS(C)(=O)=O. The Morgan fingerprint density at radius 1 is 1.14 bits per heavy atom. The van der Waals surface area contributed by atoms with Crippen LogP contribution in [0.4, 0.5) is 20.4 Å². The van der Waals surface area contributed by atoms with Crippen molar-refractivity contribution in [3.05, 3.63) is 66.1 Å². The summed E-state index contributed by atoms with van der Waals surface area (Å²) in [5, 5.41) is 16.7. The number of pyridine rings is 1. The lowest BCUT2D eigenvalue weighted by atomic mass is 9.74. The van der Waals surface area contributed by atoms with E-state index in [2.05, 4.69) is 20.4 Å². The van der Waals surface area contributed by atoms with Crippen LogP contribution in [-0.4, -0.2) is 77.1 Å². The normalized spacial score (nSPS) is 20.8. The highest BCUT2D eigenvalue weighted by Crippen LogP contribution is 2.40. The molecule has 4 atom stereocenters. The summed E-state index contributed by atoms with van der Waals surface area (Å²) in [5.41, 5.74) is 8.51. The van der Waals surface area contributed by atoms with Gasteiger partial charge in [-0.25, -0.2) is 22.2 Å². The number of anilines is 2. The van der Waals surface area contributed by atoms with Gasteiger partial charge in [-0.3, -0.25) is 4.98 Å². The zero-order valence-electron chi connectivity index (χ0n) is 23.8. The summed E-state index contributed by atoms with van der Waals surface area (Å²) < 4.78 is 65.4. The summed E-state index contributed by atoms with van der Waals surface area (Å²) in [5.74, 6) is -1.33. The molecule has 1 saturated carbocycles. The Morgan fingerprint density at radius 3 is 2.60 bits per heavy atom. The first-order chi connectivity index (χ1) is 20.5. The van der Waals surface area contributed by atoms with Gasteiger partial charge in [-0.2, -0.15) is 9.61 Å². The monoisotopic (exact) mass is 616 g/mol. The highest BCUT2D eigenvalue weighted by molar-refractivity contribution is 7.90. The van der Waals surface area contributed by atoms with E-state index in [9.17, 15) is 17.2 Å². The van der Waals surface area contributed by atoms with Crippen LogP contribution in [0.2, 0.25) is 0 Å². The van der Waals surface area contributed by atoms with Gasteiger partial charge in [0.05, 0.1) is 59.9 Å². The molecule has 0 radical (unpaired) electrons. The summed E-state index contributed by atoms with van der Waals surface area (Å²) in [4.78, 5) is 8.71. The molecule has 1 aromatic carbocycles. The van der Waals surface area contributed by atoms with Crippen molar-refractivity contribution in [2.45, 2.75) is 37.8 Å². The summed E-state index contributed by atoms with van der Waals surface area (Å²) in [6.45, 7) is 1.77. The van der Waals surface area contributed by atoms with Crippen molar-refractivity contribution in [1.29, 1.82) is 0 Å². The Balaban J connectivity index is 1.37. The van der Waals surface area contributed by atoms with Gasteiger partial charge in [0.15, 0.2) is 0 Å². The number of nitrogens with one attached hydrogen (secondary N) is 1. The van der Waals surface area contributed by atoms with Crippen molar-refractivity contribution in [3.8, 4) is 17.0 Å². The maximum Gasteiger partial charge on any atom is 0.229 e. The van der Waals surface area contributed by atoms with Crippen LogP contribution in [0.3, 0.4) is 0 Å². The van der Waals surface area contributed by atoms with Crippen LogP contribution < -0.4 is 15.8 Å². The standard InChI is InChI=1S/C29H34F2N6O5S/c1-17-11-18(12-24(32)28(17)42-9-10-43(2,39)40)21-5-6-33-16-26(21)35-29-34-15-19-3-4-25(36-37(19)29)27-22(30)13-20(14-23(27)31)41-8-7-38/h3-6,13-18,24,28,38H,7-12,32H2,1-2H3,(H,34,35)/t17-,18+,24+,28-/m0/s1. The minimum absolute atomic E-state index is 0.0356. The van der Waals surface area contributed by atoms with Crippen molar-refractivity contribution in [2.24, 2.45) is 11.7 Å². The number of nitrogens with two attached hydrogens (primary N) is 1. The molecule has 0 aliphatic heterocycles. The molecule has 0 amide bonds. The molecule has 0 saturated heterocycles. The molecule has 1 aliphatic rings. The van der Waals surface area contributed by atoms with E-state index in [0.29, 0.717) is 23.6 Å². The number of hydrogen-bond acceptors (Lipinski definition) is 10. The number of rotatable bonds is 11. The molecule has 230 valence electrons. The molecule has 0 unspecified atom stereocenters. The number of hydrogen-bond donors (Lipinski definition) is 3. The largest absolute Gasteiger partial charge is 0.491 e. The van der Waals surface area contributed by atoms with E-state index in [-0.39, 0.29) is 66.6 Å². The zero-order valence-corrected chi connectivity index (χ0v) is 24.6. The average Bonchev–Trinajstić information content (AvgIpc) is 3.34. The van der Waals surface area contributed by atoms with Gasteiger partial charge in [-0.15, -0.1) is 0 Å². The molecule has 0 spiro atoms. The summed E-state index contributed by atoms with van der Waals surface area (Å²) in [6.07, 6.45) is 7.26. The lowest BCUT2D eigenvalue weighted by molar-refractivity contribution is -0.0152. The van der Waals surface area contributed by atoms with E-state index in [1.807, 2.05) is 13.0 Å². The van der Waals surface area contributed by atoms with E-state index < -0.39 is 21.5 Å². The number of nitrogens with zero attached hydrogens (tertiary/aromatic N) is 4. The molecule has 1 fully saturated rings. The van der Waals surface area contributed by atoms with Gasteiger partial charge >= 0.3 is 0 Å². The number of fused-ring (bicyclic) bond motifs is 1. The second kappa shape index (κ2) is 12.9. The first-order valence-corrected chi connectivity index (χ1v) is 15.9. The van der Waals surface area contributed by atoms with E-state index in [1.165, 1.54) is 16.8 Å². The fraction of sp³-hybridized carbons (Fsp3) is 0.414. The van der Waals surface area contributed by atoms with Crippen molar-refractivity contribution in [1.82, 2.24) is 19.6 Å². The van der Waals surface area contributed by atoms with Crippen LogP contribution >= 0.6 is 0 Å². The fourth-order valence-electron chi connectivity index (χ4n) is 5.57. The molecule has 1 aliphatic carbocycles. The Morgan fingerprint density at radius 2 is 1.91 bits per heavy atom. The van der Waals surface area contributed by atoms with Gasteiger partial charge in [-0.1, -0.05) is 6.92 Å². The van der Waals surface area contributed by atoms with Crippen molar-refractivity contribution in [2.75, 3.05) is 37.1 Å². The Kier molecular flexibility index (Phi) is 9.20. The zero-order chi connectivity index (χ0) is 30.7. The van der Waals surface area contributed by atoms with Gasteiger partial charge < -0.3 is 25.6 Å². The number of sulfone groups is 1. The number of imidazole rings is 1. The van der Waals surface area contributed by atoms with E-state index in [4.69, 9.17) is 20.3 Å². The summed E-state index contributed by atoms with van der Waals surface area (Å²) in [6, 6.07) is 6.88. The highest BCUT2D eigenvalue weighted by Gasteiger charge is 2.36. The van der Waals surface area contributed by atoms with Gasteiger partial charge in [0.1, 0.15) is 33.8 Å². The highest BCUT2D eigenvalue weighted by atomic mass is 32.2.